The van der Waals surface area contributed by atoms with Gasteiger partial charge in [0.1, 0.15) is 11.5 Å². The average molecular weight is 513 g/mol. The predicted octanol–water partition coefficient (Wildman–Crippen LogP) is 3.33. The number of nitrogens with one attached hydrogen (secondary N) is 2. The Kier molecular flexibility index (Phi) is 6.53. The second-order valence-corrected chi connectivity index (χ2v) is 9.60. The van der Waals surface area contributed by atoms with E-state index in [0.29, 0.717) is 58.9 Å². The summed E-state index contributed by atoms with van der Waals surface area (Å²) in [6, 6.07) is 9.15. The molecule has 0 radical (unpaired) electrons. The van der Waals surface area contributed by atoms with Gasteiger partial charge in [0.2, 0.25) is 0 Å². The van der Waals surface area contributed by atoms with E-state index in [4.69, 9.17) is 11.6 Å². The van der Waals surface area contributed by atoms with Gasteiger partial charge in [-0.25, -0.2) is 9.67 Å². The third-order valence-corrected chi connectivity index (χ3v) is 7.00. The lowest BCUT2D eigenvalue weighted by Crippen LogP contribution is -2.40. The molecule has 2 aromatic heterocycles. The average Bonchev–Trinajstić information content (AvgIpc) is 3.60. The molecule has 0 spiro atoms. The van der Waals surface area contributed by atoms with Crippen molar-refractivity contribution in [3.05, 3.63) is 69.6 Å². The number of carbonyl (C=O) groups is 2. The van der Waals surface area contributed by atoms with E-state index >= 15 is 0 Å². The molecule has 0 bridgehead atoms. The maximum Gasteiger partial charge on any atom is 0.278 e. The zero-order valence-electron chi connectivity index (χ0n) is 19.1. The van der Waals surface area contributed by atoms with Gasteiger partial charge in [-0.2, -0.15) is 5.10 Å². The molecule has 1 aromatic carbocycles. The zero-order valence-corrected chi connectivity index (χ0v) is 20.7. The minimum Gasteiger partial charge on any atom is -0.350 e. The summed E-state index contributed by atoms with van der Waals surface area (Å²) in [5, 5.41) is 11.5. The number of hydrogen-bond donors (Lipinski definition) is 2. The lowest BCUT2D eigenvalue weighted by atomic mass is 10.0. The van der Waals surface area contributed by atoms with Gasteiger partial charge in [0.25, 0.3) is 11.8 Å². The number of hydrogen-bond acceptors (Lipinski definition) is 5. The summed E-state index contributed by atoms with van der Waals surface area (Å²) in [6.45, 7) is 2.79. The topological polar surface area (TPSA) is 92.2 Å². The highest BCUT2D eigenvalue weighted by Gasteiger charge is 2.36. The van der Waals surface area contributed by atoms with Gasteiger partial charge in [-0.05, 0) is 73.5 Å². The van der Waals surface area contributed by atoms with E-state index in [2.05, 4.69) is 20.7 Å². The van der Waals surface area contributed by atoms with Crippen molar-refractivity contribution in [3.63, 3.8) is 0 Å². The standard InChI is InChI=1S/C25H25ClN6O2.ClH/c26-18-2-1-3-19(11-18)32-23-20(22(30-32)24(33)29-12-15-4-5-15)7-9-31(25(23)34)21-10-17-13-27-8-6-16(17)14-28-21;/h1-3,10-11,14-15,27H,4-9,12-13H2,(H,29,33);1H. The molecule has 8 nitrogen and oxygen atoms in total. The van der Waals surface area contributed by atoms with Gasteiger partial charge in [0.15, 0.2) is 5.69 Å². The van der Waals surface area contributed by atoms with Gasteiger partial charge in [-0.1, -0.05) is 17.7 Å². The van der Waals surface area contributed by atoms with Gasteiger partial charge in [-0.15, -0.1) is 12.4 Å². The van der Waals surface area contributed by atoms with Gasteiger partial charge in [0.05, 0.1) is 5.69 Å². The molecule has 0 unspecified atom stereocenters. The Labute approximate surface area is 214 Å². The summed E-state index contributed by atoms with van der Waals surface area (Å²) in [5.41, 5.74) is 4.40. The molecule has 6 rings (SSSR count). The van der Waals surface area contributed by atoms with Crippen molar-refractivity contribution in [1.29, 1.82) is 0 Å². The molecule has 1 aliphatic carbocycles. The predicted molar refractivity (Wildman–Crippen MR) is 136 cm³/mol. The first-order chi connectivity index (χ1) is 16.6. The Bertz CT molecular complexity index is 1300. The molecule has 2 aliphatic heterocycles. The molecular weight excluding hydrogens is 487 g/mol. The number of anilines is 1. The molecule has 1 fully saturated rings. The summed E-state index contributed by atoms with van der Waals surface area (Å²) < 4.78 is 1.56. The van der Waals surface area contributed by atoms with E-state index in [0.717, 1.165) is 32.4 Å². The Morgan fingerprint density at radius 3 is 2.86 bits per heavy atom. The molecule has 35 heavy (non-hydrogen) atoms. The lowest BCUT2D eigenvalue weighted by Gasteiger charge is -2.28. The second-order valence-electron chi connectivity index (χ2n) is 9.17. The van der Waals surface area contributed by atoms with Crippen LogP contribution in [0.5, 0.6) is 0 Å². The minimum absolute atomic E-state index is 0. The molecule has 10 heteroatoms. The Morgan fingerprint density at radius 1 is 1.20 bits per heavy atom. The molecule has 2 N–H and O–H groups in total. The summed E-state index contributed by atoms with van der Waals surface area (Å²) in [4.78, 5) is 33.1. The smallest absolute Gasteiger partial charge is 0.278 e. The molecule has 2 amide bonds. The number of aromatic nitrogens is 3. The summed E-state index contributed by atoms with van der Waals surface area (Å²) in [5.74, 6) is 0.725. The van der Waals surface area contributed by atoms with Gasteiger partial charge >= 0.3 is 0 Å². The molecule has 182 valence electrons. The maximum absolute atomic E-state index is 13.8. The van der Waals surface area contributed by atoms with Crippen molar-refractivity contribution >= 4 is 41.6 Å². The zero-order chi connectivity index (χ0) is 23.2. The van der Waals surface area contributed by atoms with Crippen molar-refractivity contribution in [2.45, 2.75) is 32.2 Å². The van der Waals surface area contributed by atoms with Crippen molar-refractivity contribution in [2.24, 2.45) is 5.92 Å². The normalized spacial score (nSPS) is 16.8. The monoisotopic (exact) mass is 512 g/mol. The first-order valence-corrected chi connectivity index (χ1v) is 12.1. The Morgan fingerprint density at radius 2 is 2.06 bits per heavy atom. The van der Waals surface area contributed by atoms with Gasteiger partial charge < -0.3 is 10.6 Å². The van der Waals surface area contributed by atoms with Crippen LogP contribution in [0.25, 0.3) is 5.69 Å². The van der Waals surface area contributed by atoms with Crippen LogP contribution in [0, 0.1) is 5.92 Å². The van der Waals surface area contributed by atoms with Crippen LogP contribution in [0.3, 0.4) is 0 Å². The van der Waals surface area contributed by atoms with Crippen molar-refractivity contribution in [1.82, 2.24) is 25.4 Å². The lowest BCUT2D eigenvalue weighted by molar-refractivity contribution is 0.0945. The maximum atomic E-state index is 13.8. The van der Waals surface area contributed by atoms with Crippen molar-refractivity contribution in [2.75, 3.05) is 24.5 Å². The molecule has 3 aromatic rings. The van der Waals surface area contributed by atoms with E-state index in [1.54, 1.807) is 21.7 Å². The number of carbonyl (C=O) groups excluding carboxylic acids is 2. The van der Waals surface area contributed by atoms with Crippen LogP contribution < -0.4 is 15.5 Å². The van der Waals surface area contributed by atoms with Crippen LogP contribution in [0.4, 0.5) is 5.82 Å². The minimum atomic E-state index is -0.233. The third-order valence-electron chi connectivity index (χ3n) is 6.76. The van der Waals surface area contributed by atoms with Crippen LogP contribution in [-0.4, -0.2) is 46.2 Å². The Hall–Kier alpha value is -2.94. The first kappa shape index (κ1) is 23.8. The fourth-order valence-electron chi connectivity index (χ4n) is 4.69. The number of rotatable bonds is 5. The van der Waals surface area contributed by atoms with E-state index in [1.165, 1.54) is 11.1 Å². The number of halogens is 2. The number of pyridine rings is 1. The fourth-order valence-corrected chi connectivity index (χ4v) is 4.88. The van der Waals surface area contributed by atoms with Crippen molar-refractivity contribution in [3.8, 4) is 5.69 Å². The summed E-state index contributed by atoms with van der Waals surface area (Å²) in [7, 11) is 0. The summed E-state index contributed by atoms with van der Waals surface area (Å²) in [6.07, 6.45) is 5.61. The number of benzene rings is 1. The summed E-state index contributed by atoms with van der Waals surface area (Å²) >= 11 is 6.24. The number of fused-ring (bicyclic) bond motifs is 2. The first-order valence-electron chi connectivity index (χ1n) is 11.7. The highest BCUT2D eigenvalue weighted by molar-refractivity contribution is 6.30. The second kappa shape index (κ2) is 9.60. The van der Waals surface area contributed by atoms with Crippen LogP contribution in [0.1, 0.15) is 50.5 Å². The van der Waals surface area contributed by atoms with E-state index < -0.39 is 0 Å². The Balaban J connectivity index is 0.00000253. The third kappa shape index (κ3) is 4.53. The number of nitrogens with zero attached hydrogens (tertiary/aromatic N) is 4. The highest BCUT2D eigenvalue weighted by atomic mass is 35.5. The van der Waals surface area contributed by atoms with Crippen LogP contribution >= 0.6 is 24.0 Å². The van der Waals surface area contributed by atoms with Crippen LogP contribution in [0.2, 0.25) is 5.02 Å². The molecule has 0 saturated heterocycles. The molecule has 1 saturated carbocycles. The highest BCUT2D eigenvalue weighted by Crippen LogP contribution is 2.31. The van der Waals surface area contributed by atoms with Gasteiger partial charge in [0, 0.05) is 36.4 Å². The fraction of sp³-hybridized carbons (Fsp3) is 0.360. The van der Waals surface area contributed by atoms with Crippen molar-refractivity contribution < 1.29 is 9.59 Å². The van der Waals surface area contributed by atoms with Gasteiger partial charge in [-0.3, -0.25) is 14.5 Å². The largest absolute Gasteiger partial charge is 0.350 e. The molecule has 0 atom stereocenters. The quantitative estimate of drug-likeness (QED) is 0.546. The van der Waals surface area contributed by atoms with E-state index in [-0.39, 0.29) is 24.2 Å². The van der Waals surface area contributed by atoms with Crippen LogP contribution in [0.15, 0.2) is 36.5 Å². The van der Waals surface area contributed by atoms with Crippen LogP contribution in [-0.2, 0) is 19.4 Å². The molecule has 4 heterocycles. The molecule has 3 aliphatic rings. The SMILES string of the molecule is Cl.O=C(NCC1CC1)c1nn(-c2cccc(Cl)c2)c2c1CCN(c1cc3c(cn1)CCNC3)C2=O. The van der Waals surface area contributed by atoms with E-state index in [9.17, 15) is 9.59 Å². The van der Waals surface area contributed by atoms with E-state index in [1.807, 2.05) is 24.4 Å². The number of amides is 2. The molecular formula is C25H26Cl2N6O2.